The molecule has 0 rings (SSSR count). The quantitative estimate of drug-likeness (QED) is 0.267. The summed E-state index contributed by atoms with van der Waals surface area (Å²) in [4.78, 5) is 41.3. The van der Waals surface area contributed by atoms with Gasteiger partial charge < -0.3 is 19.3 Å². The van der Waals surface area contributed by atoms with Gasteiger partial charge in [0.25, 0.3) is 0 Å². The summed E-state index contributed by atoms with van der Waals surface area (Å²) in [7, 11) is -4.72. The molecule has 0 bridgehead atoms. The number of unbranched alkanes of at least 4 members (excludes halogenated alkanes) is 4. The first-order chi connectivity index (χ1) is 11.7. The van der Waals surface area contributed by atoms with E-state index in [1.807, 2.05) is 13.8 Å². The number of hydrogen-bond acceptors (Lipinski definition) is 6. The molecule has 0 aliphatic heterocycles. The van der Waals surface area contributed by atoms with Crippen molar-refractivity contribution in [1.82, 2.24) is 0 Å². The van der Waals surface area contributed by atoms with Crippen molar-refractivity contribution in [2.24, 2.45) is 0 Å². The highest BCUT2D eigenvalue weighted by molar-refractivity contribution is 7.46. The van der Waals surface area contributed by atoms with Crippen molar-refractivity contribution < 1.29 is 37.9 Å². The molecule has 9 heteroatoms. The van der Waals surface area contributed by atoms with Crippen LogP contribution in [0.25, 0.3) is 0 Å². The topological polar surface area (TPSA) is 119 Å². The smallest absolute Gasteiger partial charge is 0.459 e. The molecule has 0 heterocycles. The van der Waals surface area contributed by atoms with Crippen LogP contribution in [0.4, 0.5) is 0 Å². The molecule has 0 saturated heterocycles. The van der Waals surface area contributed by atoms with Gasteiger partial charge in [0.1, 0.15) is 6.10 Å². The first-order valence-corrected chi connectivity index (χ1v) is 10.3. The van der Waals surface area contributed by atoms with E-state index in [0.717, 1.165) is 25.7 Å². The Bertz CT molecular complexity index is 434. The third-order valence-corrected chi connectivity index (χ3v) is 3.99. The zero-order valence-corrected chi connectivity index (χ0v) is 16.2. The minimum atomic E-state index is -4.72. The fraction of sp³-hybridized carbons (Fsp3) is 0.875. The molecule has 2 atom stereocenters. The molecule has 8 nitrogen and oxygen atoms in total. The second kappa shape index (κ2) is 13.3. The normalized spacial score (nSPS) is 14.0. The molecule has 2 unspecified atom stereocenters. The molecule has 0 spiro atoms. The minimum Gasteiger partial charge on any atom is -0.459 e. The number of ether oxygens (including phenoxy) is 2. The number of phosphoric ester groups is 1. The zero-order valence-electron chi connectivity index (χ0n) is 15.3. The van der Waals surface area contributed by atoms with Gasteiger partial charge in [-0.25, -0.2) is 4.57 Å². The number of carbonyl (C=O) groups excluding carboxylic acids is 2. The van der Waals surface area contributed by atoms with E-state index in [9.17, 15) is 14.2 Å². The Labute approximate surface area is 149 Å². The van der Waals surface area contributed by atoms with Crippen LogP contribution < -0.4 is 0 Å². The molecular weight excluding hydrogens is 351 g/mol. The molecule has 0 aliphatic carbocycles. The largest absolute Gasteiger partial charge is 0.469 e. The van der Waals surface area contributed by atoms with Gasteiger partial charge in [0.2, 0.25) is 0 Å². The summed E-state index contributed by atoms with van der Waals surface area (Å²) >= 11 is 0. The second-order valence-corrected chi connectivity index (χ2v) is 7.16. The maximum Gasteiger partial charge on any atom is 0.469 e. The highest BCUT2D eigenvalue weighted by Crippen LogP contribution is 2.36. The molecule has 0 aromatic heterocycles. The van der Waals surface area contributed by atoms with Crippen molar-refractivity contribution in [3.8, 4) is 0 Å². The highest BCUT2D eigenvalue weighted by Gasteiger charge is 2.28. The van der Waals surface area contributed by atoms with E-state index in [-0.39, 0.29) is 12.8 Å². The summed E-state index contributed by atoms with van der Waals surface area (Å²) in [6.07, 6.45) is 3.55. The van der Waals surface area contributed by atoms with Gasteiger partial charge >= 0.3 is 19.8 Å². The van der Waals surface area contributed by atoms with Gasteiger partial charge in [-0.05, 0) is 19.8 Å². The predicted molar refractivity (Wildman–Crippen MR) is 91.7 cm³/mol. The van der Waals surface area contributed by atoms with Crippen LogP contribution in [0.5, 0.6) is 0 Å². The molecule has 0 fully saturated rings. The maximum atomic E-state index is 11.8. The number of phosphoric acid groups is 1. The van der Waals surface area contributed by atoms with Gasteiger partial charge in [-0.2, -0.15) is 0 Å². The number of carbonyl (C=O) groups is 2. The molecule has 0 aromatic rings. The second-order valence-electron chi connectivity index (χ2n) is 5.92. The SMILES string of the molecule is CCCCCC(=O)OC(C)C(COP(=O)(O)O)OC(=O)CCCCC. The van der Waals surface area contributed by atoms with Crippen LogP contribution in [-0.2, 0) is 28.2 Å². The number of hydrogen-bond donors (Lipinski definition) is 2. The van der Waals surface area contributed by atoms with Gasteiger partial charge in [-0.3, -0.25) is 14.1 Å². The summed E-state index contributed by atoms with van der Waals surface area (Å²) in [5, 5.41) is 0. The van der Waals surface area contributed by atoms with Crippen LogP contribution in [0, 0.1) is 0 Å². The van der Waals surface area contributed by atoms with Crippen molar-refractivity contribution >= 4 is 19.8 Å². The number of esters is 2. The molecule has 148 valence electrons. The van der Waals surface area contributed by atoms with Crippen molar-refractivity contribution in [2.45, 2.75) is 84.3 Å². The van der Waals surface area contributed by atoms with Crippen LogP contribution in [0.1, 0.15) is 72.1 Å². The zero-order chi connectivity index (χ0) is 19.3. The Morgan fingerprint density at radius 3 is 1.84 bits per heavy atom. The molecular formula is C16H31O8P. The third-order valence-electron chi connectivity index (χ3n) is 3.50. The van der Waals surface area contributed by atoms with E-state index in [2.05, 4.69) is 4.52 Å². The van der Waals surface area contributed by atoms with Crippen molar-refractivity contribution in [2.75, 3.05) is 6.61 Å². The van der Waals surface area contributed by atoms with E-state index in [1.54, 1.807) is 0 Å². The van der Waals surface area contributed by atoms with E-state index >= 15 is 0 Å². The summed E-state index contributed by atoms with van der Waals surface area (Å²) in [6.45, 7) is 4.97. The molecule has 0 aromatic carbocycles. The Morgan fingerprint density at radius 2 is 1.40 bits per heavy atom. The average molecular weight is 382 g/mol. The molecule has 0 saturated carbocycles. The first-order valence-electron chi connectivity index (χ1n) is 8.78. The van der Waals surface area contributed by atoms with Crippen molar-refractivity contribution in [3.05, 3.63) is 0 Å². The predicted octanol–water partition coefficient (Wildman–Crippen LogP) is 3.10. The standard InChI is InChI=1S/C16H31O8P/c1-4-6-8-10-15(17)23-13(3)14(12-22-25(19,20)21)24-16(18)11-9-7-5-2/h13-14H,4-12H2,1-3H3,(H2,19,20,21). The van der Waals surface area contributed by atoms with E-state index in [1.165, 1.54) is 6.92 Å². The van der Waals surface area contributed by atoms with Crippen LogP contribution in [0.2, 0.25) is 0 Å². The monoisotopic (exact) mass is 382 g/mol. The van der Waals surface area contributed by atoms with Crippen LogP contribution in [0.15, 0.2) is 0 Å². The average Bonchev–Trinajstić information content (AvgIpc) is 2.50. The fourth-order valence-electron chi connectivity index (χ4n) is 2.04. The van der Waals surface area contributed by atoms with Crippen molar-refractivity contribution in [1.29, 1.82) is 0 Å². The maximum absolute atomic E-state index is 11.8. The lowest BCUT2D eigenvalue weighted by atomic mass is 10.2. The Morgan fingerprint density at radius 1 is 0.920 bits per heavy atom. The van der Waals surface area contributed by atoms with E-state index < -0.39 is 38.6 Å². The van der Waals surface area contributed by atoms with E-state index in [4.69, 9.17) is 19.3 Å². The lowest BCUT2D eigenvalue weighted by Gasteiger charge is -2.24. The van der Waals surface area contributed by atoms with Crippen LogP contribution in [-0.4, -0.2) is 40.5 Å². The molecule has 0 aliphatic rings. The van der Waals surface area contributed by atoms with Gasteiger partial charge in [0, 0.05) is 12.8 Å². The van der Waals surface area contributed by atoms with Gasteiger partial charge in [0.05, 0.1) is 6.61 Å². The van der Waals surface area contributed by atoms with E-state index in [0.29, 0.717) is 12.8 Å². The van der Waals surface area contributed by atoms with Crippen LogP contribution >= 0.6 is 7.82 Å². The fourth-order valence-corrected chi connectivity index (χ4v) is 2.39. The lowest BCUT2D eigenvalue weighted by Crippen LogP contribution is -2.36. The number of rotatable bonds is 14. The Balaban J connectivity index is 4.60. The summed E-state index contributed by atoms with van der Waals surface area (Å²) in [5.41, 5.74) is 0. The molecule has 0 amide bonds. The minimum absolute atomic E-state index is 0.192. The van der Waals surface area contributed by atoms with Gasteiger partial charge in [0.15, 0.2) is 6.10 Å². The van der Waals surface area contributed by atoms with Gasteiger partial charge in [-0.1, -0.05) is 39.5 Å². The molecule has 0 radical (unpaired) electrons. The third kappa shape index (κ3) is 14.0. The molecule has 2 N–H and O–H groups in total. The summed E-state index contributed by atoms with van der Waals surface area (Å²) in [5.74, 6) is -0.953. The Kier molecular flexibility index (Phi) is 12.8. The Hall–Kier alpha value is -0.950. The summed E-state index contributed by atoms with van der Waals surface area (Å²) in [6, 6.07) is 0. The van der Waals surface area contributed by atoms with Crippen LogP contribution in [0.3, 0.4) is 0 Å². The lowest BCUT2D eigenvalue weighted by molar-refractivity contribution is -0.169. The summed E-state index contributed by atoms with van der Waals surface area (Å²) < 4.78 is 25.7. The van der Waals surface area contributed by atoms with Crippen molar-refractivity contribution in [3.63, 3.8) is 0 Å². The first kappa shape index (κ1) is 24.1. The highest BCUT2D eigenvalue weighted by atomic mass is 31.2. The van der Waals surface area contributed by atoms with Gasteiger partial charge in [-0.15, -0.1) is 0 Å². The molecule has 25 heavy (non-hydrogen) atoms.